The molecule has 5 nitrogen and oxygen atoms in total. The topological polar surface area (TPSA) is 98.4 Å². The molecule has 0 heterocycles. The second kappa shape index (κ2) is 31.9. The van der Waals surface area contributed by atoms with Gasteiger partial charge in [0.1, 0.15) is 6.09 Å². The van der Waals surface area contributed by atoms with E-state index in [4.69, 9.17) is 26.2 Å². The number of hydrogen-bond donors (Lipinski definition) is 1. The number of hydrogen-bond acceptors (Lipinski definition) is 6. The summed E-state index contributed by atoms with van der Waals surface area (Å²) in [6.07, 6.45) is 24.7. The van der Waals surface area contributed by atoms with Crippen molar-refractivity contribution in [3.05, 3.63) is 0 Å². The molecule has 9 heteroatoms. The summed E-state index contributed by atoms with van der Waals surface area (Å²) in [6, 6.07) is 0. The van der Waals surface area contributed by atoms with Crippen molar-refractivity contribution in [2.75, 3.05) is 12.4 Å². The number of primary amides is 1. The van der Waals surface area contributed by atoms with E-state index in [-0.39, 0.29) is 21.1 Å². The molecule has 0 bridgehead atoms. The van der Waals surface area contributed by atoms with E-state index in [0.717, 1.165) is 18.6 Å². The molecule has 1 unspecified atom stereocenters. The predicted molar refractivity (Wildman–Crippen MR) is 146 cm³/mol. The van der Waals surface area contributed by atoms with E-state index in [2.05, 4.69) is 19.6 Å². The zero-order valence-electron chi connectivity index (χ0n) is 21.9. The van der Waals surface area contributed by atoms with Gasteiger partial charge in [0.15, 0.2) is 0 Å². The van der Waals surface area contributed by atoms with Crippen molar-refractivity contribution in [1.82, 2.24) is 0 Å². The Labute approximate surface area is 234 Å². The second-order valence-corrected chi connectivity index (χ2v) is 15.0. The summed E-state index contributed by atoms with van der Waals surface area (Å²) in [5.41, 5.74) is 1.07. The fraction of sp³-hybridized carbons (Fsp3) is 0.960. The minimum atomic E-state index is -2.85. The van der Waals surface area contributed by atoms with E-state index in [9.17, 15) is 4.89 Å². The van der Waals surface area contributed by atoms with E-state index in [1.54, 1.807) is 0 Å². The zero-order valence-corrected chi connectivity index (χ0v) is 26.5. The number of nitrogens with two attached hydrogens (primary N) is 1. The minimum absolute atomic E-state index is 0. The first kappa shape index (κ1) is 39.4. The third kappa shape index (κ3) is 40.1. The maximum absolute atomic E-state index is 12.3. The van der Waals surface area contributed by atoms with Gasteiger partial charge in [-0.25, -0.2) is 0 Å². The van der Waals surface area contributed by atoms with Crippen molar-refractivity contribution in [3.8, 4) is 0 Å². The zero-order chi connectivity index (χ0) is 25.0. The molecule has 2 N–H and O–H groups in total. The molecule has 0 radical (unpaired) electrons. The Balaban J connectivity index is -0.00000177. The van der Waals surface area contributed by atoms with Crippen LogP contribution in [0.2, 0.25) is 0 Å². The first-order valence-electron chi connectivity index (χ1n) is 13.4. The second-order valence-electron chi connectivity index (χ2n) is 8.80. The fourth-order valence-corrected chi connectivity index (χ4v) is 6.95. The van der Waals surface area contributed by atoms with Gasteiger partial charge in [-0.05, 0) is 18.6 Å². The SMILES string of the molecule is CCCCCCCCCCCCOP([O-])(=S)SCCCCCCCCCCCC.NC(=O)[O-].[Mo+2]. The van der Waals surface area contributed by atoms with Gasteiger partial charge in [0, 0.05) is 5.69 Å². The van der Waals surface area contributed by atoms with Gasteiger partial charge >= 0.3 is 21.1 Å². The van der Waals surface area contributed by atoms with Crippen LogP contribution >= 0.6 is 17.1 Å². The summed E-state index contributed by atoms with van der Waals surface area (Å²) in [7, 11) is 0. The largest absolute Gasteiger partial charge is 2.00 e. The third-order valence-electron chi connectivity index (χ3n) is 5.49. The van der Waals surface area contributed by atoms with Crippen LogP contribution in [-0.2, 0) is 37.4 Å². The Morgan fingerprint density at radius 3 is 1.38 bits per heavy atom. The molecule has 0 aromatic carbocycles. The van der Waals surface area contributed by atoms with Crippen molar-refractivity contribution in [2.45, 2.75) is 142 Å². The van der Waals surface area contributed by atoms with Crippen LogP contribution in [0.15, 0.2) is 0 Å². The Morgan fingerprint density at radius 2 is 1.03 bits per heavy atom. The van der Waals surface area contributed by atoms with Crippen LogP contribution in [0.4, 0.5) is 4.79 Å². The van der Waals surface area contributed by atoms with Crippen molar-refractivity contribution in [1.29, 1.82) is 0 Å². The quantitative estimate of drug-likeness (QED) is 0.0683. The predicted octanol–water partition coefficient (Wildman–Crippen LogP) is 7.45. The molecule has 0 spiro atoms. The minimum Gasteiger partial charge on any atom is -0.793 e. The molecule has 204 valence electrons. The van der Waals surface area contributed by atoms with Crippen molar-refractivity contribution >= 4 is 35.0 Å². The van der Waals surface area contributed by atoms with Crippen LogP contribution in [0.3, 0.4) is 0 Å². The smallest absolute Gasteiger partial charge is 0.793 e. The molecule has 0 rings (SSSR count). The Bertz CT molecular complexity index is 429. The van der Waals surface area contributed by atoms with E-state index < -0.39 is 11.8 Å². The molecular weight excluding hydrogens is 569 g/mol. The summed E-state index contributed by atoms with van der Waals surface area (Å²) in [6.45, 7) is 5.10. The van der Waals surface area contributed by atoms with Gasteiger partial charge in [0.2, 0.25) is 0 Å². The Kier molecular flexibility index (Phi) is 37.0. The Hall–Kier alpha value is 0.878. The van der Waals surface area contributed by atoms with Crippen LogP contribution in [0.25, 0.3) is 0 Å². The van der Waals surface area contributed by atoms with E-state index in [0.29, 0.717) is 6.61 Å². The molecule has 34 heavy (non-hydrogen) atoms. The molecule has 0 aliphatic heterocycles. The maximum Gasteiger partial charge on any atom is 2.00 e. The van der Waals surface area contributed by atoms with Crippen molar-refractivity contribution in [3.63, 3.8) is 0 Å². The molecular formula is C25H52MoNO4PS2. The van der Waals surface area contributed by atoms with Crippen LogP contribution in [0, 0.1) is 0 Å². The number of amides is 1. The molecule has 0 saturated carbocycles. The average molecular weight is 622 g/mol. The van der Waals surface area contributed by atoms with E-state index >= 15 is 0 Å². The maximum atomic E-state index is 12.3. The number of carbonyl (C=O) groups is 1. The molecule has 0 aromatic rings. The van der Waals surface area contributed by atoms with Crippen LogP contribution < -0.4 is 15.7 Å². The van der Waals surface area contributed by atoms with Gasteiger partial charge < -0.3 is 25.1 Å². The molecule has 1 atom stereocenters. The summed E-state index contributed by atoms with van der Waals surface area (Å²) >= 11 is 6.57. The standard InChI is InChI=1S/C24H51O2PS2.CH3NO2.Mo/c1-3-5-7-9-11-13-15-17-19-21-23-26-27(25,28)29-24-22-20-18-16-14-12-10-8-6-4-2;2-1(3)4;/h3-24H2,1-2H3,(H,25,28);2H2,(H,3,4);/q;;+2/p-2. The van der Waals surface area contributed by atoms with Gasteiger partial charge in [-0.3, -0.25) is 0 Å². The van der Waals surface area contributed by atoms with Gasteiger partial charge in [0.25, 0.3) is 0 Å². The van der Waals surface area contributed by atoms with Gasteiger partial charge in [-0.15, -0.1) is 11.4 Å². The van der Waals surface area contributed by atoms with E-state index in [1.165, 1.54) is 127 Å². The van der Waals surface area contributed by atoms with E-state index in [1.807, 2.05) is 0 Å². The molecule has 0 fully saturated rings. The molecule has 0 aliphatic carbocycles. The molecule has 0 saturated heterocycles. The summed E-state index contributed by atoms with van der Waals surface area (Å²) < 4.78 is 5.53. The van der Waals surface area contributed by atoms with Gasteiger partial charge in [-0.2, -0.15) is 0 Å². The number of rotatable bonds is 24. The first-order chi connectivity index (χ1) is 15.9. The summed E-state index contributed by atoms with van der Waals surface area (Å²) in [5.74, 6) is 0.884. The Morgan fingerprint density at radius 1 is 0.735 bits per heavy atom. The summed E-state index contributed by atoms with van der Waals surface area (Å²) in [4.78, 5) is 21.0. The van der Waals surface area contributed by atoms with Crippen LogP contribution in [0.1, 0.15) is 142 Å². The third-order valence-corrected chi connectivity index (χ3v) is 9.86. The van der Waals surface area contributed by atoms with Crippen molar-refractivity contribution < 1.29 is 40.4 Å². The van der Waals surface area contributed by atoms with Crippen LogP contribution in [0.5, 0.6) is 0 Å². The monoisotopic (exact) mass is 623 g/mol. The molecule has 0 aromatic heterocycles. The van der Waals surface area contributed by atoms with Gasteiger partial charge in [-0.1, -0.05) is 141 Å². The first-order valence-corrected chi connectivity index (χ1v) is 17.6. The number of carbonyl (C=O) groups excluding carboxylic acids is 1. The van der Waals surface area contributed by atoms with Crippen LogP contribution in [-0.4, -0.2) is 18.5 Å². The van der Waals surface area contributed by atoms with Gasteiger partial charge in [0.05, 0.1) is 6.61 Å². The van der Waals surface area contributed by atoms with Crippen molar-refractivity contribution in [2.24, 2.45) is 5.73 Å². The normalized spacial score (nSPS) is 12.3. The molecule has 1 amide bonds. The fourth-order valence-electron chi connectivity index (χ4n) is 3.57. The number of unbranched alkanes of at least 4 members (excludes halogenated alkanes) is 18. The number of carboxylic acid groups (broad SMARTS) is 1. The average Bonchev–Trinajstić information content (AvgIpc) is 2.75. The molecule has 0 aliphatic rings. The summed E-state index contributed by atoms with van der Waals surface area (Å²) in [5, 5.41) is 8.67.